The van der Waals surface area contributed by atoms with Crippen LogP contribution in [0.5, 0.6) is 5.75 Å². The number of aromatic nitrogens is 2. The third kappa shape index (κ3) is 2.32. The maximum Gasteiger partial charge on any atom is 0.156 e. The molecular formula is C16H12ClN3O. The number of methoxy groups -OCH3 is 1. The number of pyridine rings is 1. The Morgan fingerprint density at radius 3 is 2.71 bits per heavy atom. The van der Waals surface area contributed by atoms with Gasteiger partial charge < -0.3 is 9.14 Å². The number of fused-ring (bicyclic) bond motifs is 1. The number of rotatable bonds is 3. The van der Waals surface area contributed by atoms with E-state index in [0.717, 1.165) is 22.7 Å². The SMILES string of the molecule is COc1ccc(-c2nc3c(Cl)cccn3c2CC#N)cc1. The van der Waals surface area contributed by atoms with Crippen LogP contribution in [0.15, 0.2) is 42.6 Å². The van der Waals surface area contributed by atoms with Gasteiger partial charge >= 0.3 is 0 Å². The molecule has 0 radical (unpaired) electrons. The summed E-state index contributed by atoms with van der Waals surface area (Å²) in [5.74, 6) is 0.780. The van der Waals surface area contributed by atoms with Gasteiger partial charge in [0.1, 0.15) is 5.75 Å². The van der Waals surface area contributed by atoms with E-state index in [1.165, 1.54) is 0 Å². The molecule has 3 rings (SSSR count). The normalized spacial score (nSPS) is 10.5. The van der Waals surface area contributed by atoms with Crippen molar-refractivity contribution in [3.8, 4) is 23.1 Å². The number of ether oxygens (including phenoxy) is 1. The fraction of sp³-hybridized carbons (Fsp3) is 0.125. The molecule has 104 valence electrons. The Kier molecular flexibility index (Phi) is 3.51. The van der Waals surface area contributed by atoms with Crippen molar-refractivity contribution >= 4 is 17.2 Å². The first-order chi connectivity index (χ1) is 10.2. The Morgan fingerprint density at radius 1 is 1.29 bits per heavy atom. The zero-order valence-electron chi connectivity index (χ0n) is 11.4. The average Bonchev–Trinajstić information content (AvgIpc) is 2.88. The molecule has 2 heterocycles. The number of imidazole rings is 1. The van der Waals surface area contributed by atoms with E-state index in [-0.39, 0.29) is 6.42 Å². The van der Waals surface area contributed by atoms with Crippen molar-refractivity contribution in [2.75, 3.05) is 7.11 Å². The molecule has 1 aromatic carbocycles. The van der Waals surface area contributed by atoms with Crippen LogP contribution in [0, 0.1) is 11.3 Å². The van der Waals surface area contributed by atoms with E-state index in [4.69, 9.17) is 21.6 Å². The van der Waals surface area contributed by atoms with E-state index in [1.54, 1.807) is 13.2 Å². The molecule has 0 saturated carbocycles. The van der Waals surface area contributed by atoms with Crippen molar-refractivity contribution in [3.05, 3.63) is 53.3 Å². The minimum atomic E-state index is 0.267. The van der Waals surface area contributed by atoms with Crippen LogP contribution in [0.25, 0.3) is 16.9 Å². The van der Waals surface area contributed by atoms with Gasteiger partial charge in [-0.25, -0.2) is 4.98 Å². The van der Waals surface area contributed by atoms with Crippen molar-refractivity contribution in [2.45, 2.75) is 6.42 Å². The summed E-state index contributed by atoms with van der Waals surface area (Å²) in [7, 11) is 1.63. The highest BCUT2D eigenvalue weighted by atomic mass is 35.5. The quantitative estimate of drug-likeness (QED) is 0.740. The highest BCUT2D eigenvalue weighted by Crippen LogP contribution is 2.29. The lowest BCUT2D eigenvalue weighted by atomic mass is 10.1. The highest BCUT2D eigenvalue weighted by Gasteiger charge is 2.15. The summed E-state index contributed by atoms with van der Waals surface area (Å²) >= 11 is 6.19. The molecule has 0 aliphatic rings. The molecule has 0 bridgehead atoms. The molecule has 0 spiro atoms. The molecule has 0 amide bonds. The lowest BCUT2D eigenvalue weighted by Gasteiger charge is -2.03. The largest absolute Gasteiger partial charge is 0.497 e. The first-order valence-corrected chi connectivity index (χ1v) is 6.79. The topological polar surface area (TPSA) is 50.3 Å². The Hall–Kier alpha value is -2.51. The van der Waals surface area contributed by atoms with Crippen LogP contribution in [0.3, 0.4) is 0 Å². The molecule has 4 nitrogen and oxygen atoms in total. The van der Waals surface area contributed by atoms with E-state index in [0.29, 0.717) is 10.7 Å². The fourth-order valence-electron chi connectivity index (χ4n) is 2.31. The number of nitriles is 1. The maximum atomic E-state index is 9.08. The van der Waals surface area contributed by atoms with Crippen molar-refractivity contribution in [1.29, 1.82) is 5.26 Å². The number of halogens is 1. The monoisotopic (exact) mass is 297 g/mol. The first-order valence-electron chi connectivity index (χ1n) is 6.41. The molecule has 0 saturated heterocycles. The van der Waals surface area contributed by atoms with Gasteiger partial charge in [0.05, 0.1) is 36.0 Å². The Morgan fingerprint density at radius 2 is 2.05 bits per heavy atom. The summed E-state index contributed by atoms with van der Waals surface area (Å²) < 4.78 is 7.03. The second-order valence-electron chi connectivity index (χ2n) is 4.52. The number of hydrogen-bond donors (Lipinski definition) is 0. The highest BCUT2D eigenvalue weighted by molar-refractivity contribution is 6.33. The molecule has 21 heavy (non-hydrogen) atoms. The van der Waals surface area contributed by atoms with Gasteiger partial charge in [0, 0.05) is 11.8 Å². The van der Waals surface area contributed by atoms with E-state index >= 15 is 0 Å². The predicted molar refractivity (Wildman–Crippen MR) is 81.5 cm³/mol. The third-order valence-electron chi connectivity index (χ3n) is 3.31. The van der Waals surface area contributed by atoms with Crippen molar-refractivity contribution < 1.29 is 4.74 Å². The predicted octanol–water partition coefficient (Wildman–Crippen LogP) is 3.73. The van der Waals surface area contributed by atoms with Gasteiger partial charge in [0.15, 0.2) is 5.65 Å². The maximum absolute atomic E-state index is 9.08. The Balaban J connectivity index is 2.23. The van der Waals surface area contributed by atoms with E-state index in [9.17, 15) is 0 Å². The summed E-state index contributed by atoms with van der Waals surface area (Å²) in [6.45, 7) is 0. The minimum Gasteiger partial charge on any atom is -0.497 e. The van der Waals surface area contributed by atoms with Gasteiger partial charge in [-0.3, -0.25) is 0 Å². The van der Waals surface area contributed by atoms with Crippen LogP contribution in [0.4, 0.5) is 0 Å². The lowest BCUT2D eigenvalue weighted by molar-refractivity contribution is 0.415. The Labute approximate surface area is 127 Å². The number of benzene rings is 1. The molecule has 2 aromatic heterocycles. The molecular weight excluding hydrogens is 286 g/mol. The summed E-state index contributed by atoms with van der Waals surface area (Å²) in [5, 5.41) is 9.64. The van der Waals surface area contributed by atoms with Crippen LogP contribution >= 0.6 is 11.6 Å². The van der Waals surface area contributed by atoms with Crippen molar-refractivity contribution in [3.63, 3.8) is 0 Å². The Bertz CT molecular complexity index is 831. The third-order valence-corrected chi connectivity index (χ3v) is 3.61. The fourth-order valence-corrected chi connectivity index (χ4v) is 2.51. The van der Waals surface area contributed by atoms with Crippen LogP contribution in [-0.4, -0.2) is 16.5 Å². The van der Waals surface area contributed by atoms with Crippen LogP contribution in [-0.2, 0) is 6.42 Å². The standard InChI is InChI=1S/C16H12ClN3O/c1-21-12-6-4-11(5-7-12)15-14(8-9-18)20-10-2-3-13(17)16(20)19-15/h2-7,10H,8H2,1H3. The average molecular weight is 298 g/mol. The van der Waals surface area contributed by atoms with Crippen LogP contribution < -0.4 is 4.74 Å². The van der Waals surface area contributed by atoms with Crippen LogP contribution in [0.2, 0.25) is 5.02 Å². The van der Waals surface area contributed by atoms with E-state index < -0.39 is 0 Å². The summed E-state index contributed by atoms with van der Waals surface area (Å²) in [6, 6.07) is 13.4. The van der Waals surface area contributed by atoms with Gasteiger partial charge in [-0.2, -0.15) is 5.26 Å². The van der Waals surface area contributed by atoms with Crippen molar-refractivity contribution in [1.82, 2.24) is 9.38 Å². The van der Waals surface area contributed by atoms with E-state index in [2.05, 4.69) is 11.1 Å². The number of nitrogens with zero attached hydrogens (tertiary/aromatic N) is 3. The van der Waals surface area contributed by atoms with Crippen molar-refractivity contribution in [2.24, 2.45) is 0 Å². The molecule has 5 heteroatoms. The molecule has 0 aliphatic heterocycles. The number of hydrogen-bond acceptors (Lipinski definition) is 3. The van der Waals surface area contributed by atoms with Gasteiger partial charge in [-0.1, -0.05) is 11.6 Å². The zero-order valence-corrected chi connectivity index (χ0v) is 12.1. The summed E-state index contributed by atoms with van der Waals surface area (Å²) in [4.78, 5) is 4.60. The van der Waals surface area contributed by atoms with Gasteiger partial charge in [-0.15, -0.1) is 0 Å². The molecule has 0 atom stereocenters. The molecule has 0 unspecified atom stereocenters. The second kappa shape index (κ2) is 5.47. The summed E-state index contributed by atoms with van der Waals surface area (Å²) in [5.41, 5.74) is 3.20. The smallest absolute Gasteiger partial charge is 0.156 e. The summed E-state index contributed by atoms with van der Waals surface area (Å²) in [6.07, 6.45) is 2.14. The molecule has 0 N–H and O–H groups in total. The van der Waals surface area contributed by atoms with Gasteiger partial charge in [-0.05, 0) is 36.4 Å². The molecule has 0 fully saturated rings. The lowest BCUT2D eigenvalue weighted by Crippen LogP contribution is -1.93. The first kappa shape index (κ1) is 13.5. The molecule has 3 aromatic rings. The van der Waals surface area contributed by atoms with Crippen LogP contribution in [0.1, 0.15) is 5.69 Å². The van der Waals surface area contributed by atoms with E-state index in [1.807, 2.05) is 40.9 Å². The second-order valence-corrected chi connectivity index (χ2v) is 4.93. The minimum absolute atomic E-state index is 0.267. The molecule has 0 aliphatic carbocycles. The zero-order chi connectivity index (χ0) is 14.8. The van der Waals surface area contributed by atoms with Gasteiger partial charge in [0.25, 0.3) is 0 Å². The van der Waals surface area contributed by atoms with Gasteiger partial charge in [0.2, 0.25) is 0 Å².